The van der Waals surface area contributed by atoms with Crippen molar-refractivity contribution in [2.24, 2.45) is 0 Å². The molecule has 0 saturated carbocycles. The van der Waals surface area contributed by atoms with Gasteiger partial charge < -0.3 is 14.8 Å². The highest BCUT2D eigenvalue weighted by Crippen LogP contribution is 2.32. The van der Waals surface area contributed by atoms with Gasteiger partial charge in [0.25, 0.3) is 0 Å². The van der Waals surface area contributed by atoms with Crippen LogP contribution < -0.4 is 5.32 Å². The monoisotopic (exact) mass is 253 g/mol. The molecule has 1 aromatic heterocycles. The molecule has 0 aromatic carbocycles. The lowest BCUT2D eigenvalue weighted by molar-refractivity contribution is -0.0894. The topological polar surface area (TPSA) is 30.5 Å². The van der Waals surface area contributed by atoms with Crippen molar-refractivity contribution in [3.05, 3.63) is 22.4 Å². The molecule has 3 rings (SSSR count). The Morgan fingerprint density at radius 1 is 1.47 bits per heavy atom. The molecule has 1 N–H and O–H groups in total. The number of hydrogen-bond acceptors (Lipinski definition) is 4. The van der Waals surface area contributed by atoms with E-state index >= 15 is 0 Å². The van der Waals surface area contributed by atoms with Gasteiger partial charge in [-0.3, -0.25) is 0 Å². The second-order valence-corrected chi connectivity index (χ2v) is 5.82. The van der Waals surface area contributed by atoms with E-state index in [1.54, 1.807) is 11.3 Å². The first-order valence-electron chi connectivity index (χ1n) is 6.33. The van der Waals surface area contributed by atoms with Gasteiger partial charge in [0.05, 0.1) is 12.2 Å². The zero-order valence-corrected chi connectivity index (χ0v) is 10.8. The van der Waals surface area contributed by atoms with Crippen molar-refractivity contribution in [2.45, 2.75) is 37.5 Å². The van der Waals surface area contributed by atoms with Crippen LogP contribution >= 0.6 is 11.3 Å². The van der Waals surface area contributed by atoms with Gasteiger partial charge in [-0.25, -0.2) is 0 Å². The molecule has 2 aliphatic heterocycles. The van der Waals surface area contributed by atoms with Crippen LogP contribution in [0.15, 0.2) is 16.8 Å². The molecule has 2 fully saturated rings. The summed E-state index contributed by atoms with van der Waals surface area (Å²) in [6, 6.07) is 2.76. The minimum absolute atomic E-state index is 0.0184. The minimum atomic E-state index is 0.0184. The van der Waals surface area contributed by atoms with Gasteiger partial charge >= 0.3 is 0 Å². The molecule has 2 atom stereocenters. The lowest BCUT2D eigenvalue weighted by Crippen LogP contribution is -2.47. The maximum absolute atomic E-state index is 5.93. The quantitative estimate of drug-likeness (QED) is 0.895. The van der Waals surface area contributed by atoms with Crippen LogP contribution in [-0.2, 0) is 16.0 Å². The molecule has 1 spiro atoms. The van der Waals surface area contributed by atoms with Crippen molar-refractivity contribution in [3.63, 3.8) is 0 Å². The van der Waals surface area contributed by atoms with E-state index in [-0.39, 0.29) is 5.60 Å². The molecule has 0 aliphatic carbocycles. The van der Waals surface area contributed by atoms with Gasteiger partial charge in [0, 0.05) is 32.2 Å². The van der Waals surface area contributed by atoms with Gasteiger partial charge in [0.1, 0.15) is 0 Å². The molecule has 1 aromatic rings. The third-order valence-electron chi connectivity index (χ3n) is 3.74. The number of nitrogens with one attached hydrogen (secondary N) is 1. The van der Waals surface area contributed by atoms with E-state index in [1.165, 1.54) is 5.56 Å². The van der Waals surface area contributed by atoms with Crippen LogP contribution in [0.1, 0.15) is 24.8 Å². The maximum Gasteiger partial charge on any atom is 0.0951 e. The Bertz CT molecular complexity index is 346. The van der Waals surface area contributed by atoms with Gasteiger partial charge in [-0.2, -0.15) is 11.3 Å². The molecule has 3 heterocycles. The third kappa shape index (κ3) is 2.71. The van der Waals surface area contributed by atoms with Gasteiger partial charge in [-0.15, -0.1) is 0 Å². The summed E-state index contributed by atoms with van der Waals surface area (Å²) in [6.45, 7) is 3.48. The summed E-state index contributed by atoms with van der Waals surface area (Å²) in [7, 11) is 0. The van der Waals surface area contributed by atoms with E-state index in [9.17, 15) is 0 Å². The maximum atomic E-state index is 5.93. The van der Waals surface area contributed by atoms with Crippen LogP contribution in [0.25, 0.3) is 0 Å². The van der Waals surface area contributed by atoms with Crippen LogP contribution in [0.4, 0.5) is 0 Å². The van der Waals surface area contributed by atoms with Crippen molar-refractivity contribution < 1.29 is 9.47 Å². The molecular formula is C13H19NO2S. The number of ether oxygens (including phenoxy) is 2. The Hall–Kier alpha value is -0.420. The molecule has 0 amide bonds. The highest BCUT2D eigenvalue weighted by Gasteiger charge is 2.40. The molecule has 3 nitrogen and oxygen atoms in total. The lowest BCUT2D eigenvalue weighted by Gasteiger charge is -2.37. The molecule has 4 heteroatoms. The second-order valence-electron chi connectivity index (χ2n) is 5.04. The van der Waals surface area contributed by atoms with Gasteiger partial charge in [-0.05, 0) is 35.2 Å². The first-order valence-corrected chi connectivity index (χ1v) is 7.27. The van der Waals surface area contributed by atoms with Crippen molar-refractivity contribution in [2.75, 3.05) is 19.8 Å². The largest absolute Gasteiger partial charge is 0.378 e. The van der Waals surface area contributed by atoms with Crippen molar-refractivity contribution >= 4 is 11.3 Å². The predicted molar refractivity (Wildman–Crippen MR) is 68.3 cm³/mol. The van der Waals surface area contributed by atoms with Crippen molar-refractivity contribution in [1.82, 2.24) is 5.32 Å². The molecule has 94 valence electrons. The number of thiophene rings is 1. The first-order chi connectivity index (χ1) is 8.36. The summed E-state index contributed by atoms with van der Waals surface area (Å²) in [5.41, 5.74) is 1.41. The van der Waals surface area contributed by atoms with Crippen LogP contribution in [-0.4, -0.2) is 31.5 Å². The SMILES string of the molecule is c1cc(CNC2CCOC3(CCOC3)C2)cs1. The zero-order valence-electron chi connectivity index (χ0n) is 9.98. The van der Waals surface area contributed by atoms with E-state index in [0.29, 0.717) is 6.04 Å². The highest BCUT2D eigenvalue weighted by atomic mass is 32.1. The van der Waals surface area contributed by atoms with E-state index in [1.807, 2.05) is 0 Å². The summed E-state index contributed by atoms with van der Waals surface area (Å²) >= 11 is 1.76. The fourth-order valence-corrected chi connectivity index (χ4v) is 3.39. The number of rotatable bonds is 3. The minimum Gasteiger partial charge on any atom is -0.378 e. The van der Waals surface area contributed by atoms with Crippen LogP contribution in [0, 0.1) is 0 Å². The smallest absolute Gasteiger partial charge is 0.0951 e. The molecule has 2 saturated heterocycles. The van der Waals surface area contributed by atoms with Gasteiger partial charge in [0.15, 0.2) is 0 Å². The Balaban J connectivity index is 1.53. The van der Waals surface area contributed by atoms with Crippen LogP contribution in [0.2, 0.25) is 0 Å². The molecule has 0 radical (unpaired) electrons. The fourth-order valence-electron chi connectivity index (χ4n) is 2.72. The lowest BCUT2D eigenvalue weighted by atomic mass is 9.89. The summed E-state index contributed by atoms with van der Waals surface area (Å²) in [5.74, 6) is 0. The Kier molecular flexibility index (Phi) is 3.47. The number of hydrogen-bond donors (Lipinski definition) is 1. The molecule has 0 bridgehead atoms. The fraction of sp³-hybridized carbons (Fsp3) is 0.692. The Morgan fingerprint density at radius 2 is 2.47 bits per heavy atom. The normalized spacial score (nSPS) is 33.3. The second kappa shape index (κ2) is 5.06. The third-order valence-corrected chi connectivity index (χ3v) is 4.47. The van der Waals surface area contributed by atoms with Crippen molar-refractivity contribution in [1.29, 1.82) is 0 Å². The first kappa shape index (κ1) is 11.7. The van der Waals surface area contributed by atoms with E-state index < -0.39 is 0 Å². The van der Waals surface area contributed by atoms with Gasteiger partial charge in [-0.1, -0.05) is 0 Å². The van der Waals surface area contributed by atoms with Crippen LogP contribution in [0.3, 0.4) is 0 Å². The molecule has 2 unspecified atom stereocenters. The van der Waals surface area contributed by atoms with Gasteiger partial charge in [0.2, 0.25) is 0 Å². The summed E-state index contributed by atoms with van der Waals surface area (Å²) in [4.78, 5) is 0. The summed E-state index contributed by atoms with van der Waals surface area (Å²) < 4.78 is 11.4. The molecular weight excluding hydrogens is 234 g/mol. The predicted octanol–water partition coefficient (Wildman–Crippen LogP) is 2.18. The average Bonchev–Trinajstić information content (AvgIpc) is 2.99. The summed E-state index contributed by atoms with van der Waals surface area (Å²) in [5, 5.41) is 7.99. The Morgan fingerprint density at radius 3 is 3.24 bits per heavy atom. The van der Waals surface area contributed by atoms with E-state index in [0.717, 1.165) is 45.6 Å². The average molecular weight is 253 g/mol. The Labute approximate surface area is 106 Å². The van der Waals surface area contributed by atoms with Crippen LogP contribution in [0.5, 0.6) is 0 Å². The standard InChI is InChI=1S/C13H19NO2S/c1-4-16-13(3-5-15-10-13)7-12(1)14-8-11-2-6-17-9-11/h2,6,9,12,14H,1,3-5,7-8,10H2. The zero-order chi connectivity index (χ0) is 11.6. The molecule has 2 aliphatic rings. The highest BCUT2D eigenvalue weighted by molar-refractivity contribution is 7.07. The van der Waals surface area contributed by atoms with Crippen molar-refractivity contribution in [3.8, 4) is 0 Å². The summed E-state index contributed by atoms with van der Waals surface area (Å²) in [6.07, 6.45) is 3.27. The molecule has 17 heavy (non-hydrogen) atoms. The van der Waals surface area contributed by atoms with E-state index in [4.69, 9.17) is 9.47 Å². The van der Waals surface area contributed by atoms with E-state index in [2.05, 4.69) is 22.1 Å².